The molecule has 0 unspecified atom stereocenters. The molecule has 0 rings (SSSR count). The molecule has 82 valence electrons. The average Bonchev–Trinajstić information content (AvgIpc) is 2.12. The molecule has 0 atom stereocenters. The highest BCUT2D eigenvalue weighted by atomic mass is 32.2. The van der Waals surface area contributed by atoms with Crippen LogP contribution in [-0.4, -0.2) is 40.3 Å². The number of esters is 1. The number of hydrogen-bond acceptors (Lipinski definition) is 5. The molecular formula is C7H14N2O4S. The van der Waals surface area contributed by atoms with Gasteiger partial charge in [0.05, 0.1) is 7.11 Å². The second-order valence-electron chi connectivity index (χ2n) is 2.39. The van der Waals surface area contributed by atoms with Gasteiger partial charge in [-0.25, -0.2) is 13.1 Å². The van der Waals surface area contributed by atoms with E-state index in [4.69, 9.17) is 5.73 Å². The summed E-state index contributed by atoms with van der Waals surface area (Å²) in [6.45, 7) is 0.468. The van der Waals surface area contributed by atoms with Crippen LogP contribution in [0.15, 0.2) is 12.2 Å². The van der Waals surface area contributed by atoms with Gasteiger partial charge in [-0.15, -0.1) is 0 Å². The minimum atomic E-state index is -3.59. The van der Waals surface area contributed by atoms with E-state index in [1.165, 1.54) is 0 Å². The summed E-state index contributed by atoms with van der Waals surface area (Å²) >= 11 is 0. The molecule has 3 N–H and O–H groups in total. The number of sulfonamides is 1. The molecule has 0 aromatic heterocycles. The zero-order valence-electron chi connectivity index (χ0n) is 7.89. The second kappa shape index (κ2) is 6.52. The van der Waals surface area contributed by atoms with E-state index in [1.807, 2.05) is 0 Å². The first-order valence-electron chi connectivity index (χ1n) is 3.91. The Morgan fingerprint density at radius 1 is 1.50 bits per heavy atom. The molecule has 0 fully saturated rings. The smallest absolute Gasteiger partial charge is 0.322 e. The van der Waals surface area contributed by atoms with Crippen molar-refractivity contribution >= 4 is 16.0 Å². The van der Waals surface area contributed by atoms with E-state index in [0.717, 1.165) is 7.11 Å². The molecule has 0 aromatic rings. The molecule has 0 heterocycles. The predicted octanol–water partition coefficient (Wildman–Crippen LogP) is -1.41. The third-order valence-electron chi connectivity index (χ3n) is 1.26. The molecule has 0 amide bonds. The van der Waals surface area contributed by atoms with Crippen LogP contribution >= 0.6 is 0 Å². The minimum Gasteiger partial charge on any atom is -0.468 e. The first-order chi connectivity index (χ1) is 6.52. The zero-order valence-corrected chi connectivity index (χ0v) is 8.71. The van der Waals surface area contributed by atoms with E-state index in [9.17, 15) is 13.2 Å². The van der Waals surface area contributed by atoms with Gasteiger partial charge in [-0.3, -0.25) is 4.79 Å². The summed E-state index contributed by atoms with van der Waals surface area (Å²) in [5.74, 6) is -1.46. The maximum atomic E-state index is 11.1. The fraction of sp³-hybridized carbons (Fsp3) is 0.571. The van der Waals surface area contributed by atoms with Gasteiger partial charge in [-0.2, -0.15) is 0 Å². The minimum absolute atomic E-state index is 0.122. The molecular weight excluding hydrogens is 208 g/mol. The Morgan fingerprint density at radius 3 is 2.64 bits per heavy atom. The van der Waals surface area contributed by atoms with Gasteiger partial charge < -0.3 is 10.5 Å². The summed E-state index contributed by atoms with van der Waals surface area (Å²) in [4.78, 5) is 10.6. The zero-order chi connectivity index (χ0) is 11.0. The number of carbonyl (C=O) groups is 1. The Labute approximate surface area is 83.2 Å². The van der Waals surface area contributed by atoms with Gasteiger partial charge in [0.2, 0.25) is 10.0 Å². The standard InChI is InChI=1S/C7H14N2O4S/c1-13-7(10)6-14(11,12)9-5-3-2-4-8/h2-3,9H,4-6,8H2,1H3/b3-2+. The Bertz CT molecular complexity index is 297. The monoisotopic (exact) mass is 222 g/mol. The quantitative estimate of drug-likeness (QED) is 0.425. The Balaban J connectivity index is 3.96. The third-order valence-corrected chi connectivity index (χ3v) is 2.48. The van der Waals surface area contributed by atoms with E-state index >= 15 is 0 Å². The lowest BCUT2D eigenvalue weighted by Gasteiger charge is -2.02. The summed E-state index contributed by atoms with van der Waals surface area (Å²) in [6, 6.07) is 0. The van der Waals surface area contributed by atoms with Crippen molar-refractivity contribution in [2.24, 2.45) is 5.73 Å². The van der Waals surface area contributed by atoms with Crippen LogP contribution in [0.4, 0.5) is 0 Å². The van der Waals surface area contributed by atoms with Crippen LogP contribution in [0.1, 0.15) is 0 Å². The molecule has 0 aliphatic heterocycles. The molecule has 0 saturated carbocycles. The van der Waals surface area contributed by atoms with Gasteiger partial charge in [0.15, 0.2) is 5.75 Å². The summed E-state index contributed by atoms with van der Waals surface area (Å²) in [5, 5.41) is 0. The number of hydrogen-bond donors (Lipinski definition) is 2. The van der Waals surface area contributed by atoms with Crippen LogP contribution in [0.25, 0.3) is 0 Å². The number of ether oxygens (including phenoxy) is 1. The second-order valence-corrected chi connectivity index (χ2v) is 4.20. The number of nitrogens with one attached hydrogen (secondary N) is 1. The van der Waals surface area contributed by atoms with Crippen molar-refractivity contribution in [1.82, 2.24) is 4.72 Å². The van der Waals surface area contributed by atoms with E-state index < -0.39 is 21.7 Å². The van der Waals surface area contributed by atoms with Crippen molar-refractivity contribution in [2.75, 3.05) is 26.0 Å². The topological polar surface area (TPSA) is 98.5 Å². The van der Waals surface area contributed by atoms with Crippen LogP contribution < -0.4 is 10.5 Å². The lowest BCUT2D eigenvalue weighted by atomic mass is 10.5. The highest BCUT2D eigenvalue weighted by molar-refractivity contribution is 7.90. The fourth-order valence-electron chi connectivity index (χ4n) is 0.620. The van der Waals surface area contributed by atoms with E-state index in [0.29, 0.717) is 6.54 Å². The first-order valence-corrected chi connectivity index (χ1v) is 5.56. The molecule has 0 spiro atoms. The third kappa shape index (κ3) is 6.58. The van der Waals surface area contributed by atoms with Crippen molar-refractivity contribution in [2.45, 2.75) is 0 Å². The SMILES string of the molecule is COC(=O)CS(=O)(=O)NC/C=C/CN. The number of rotatable bonds is 6. The normalized spacial score (nSPS) is 11.9. The predicted molar refractivity (Wildman–Crippen MR) is 52.0 cm³/mol. The summed E-state index contributed by atoms with van der Waals surface area (Å²) in [7, 11) is -2.46. The van der Waals surface area contributed by atoms with E-state index in [2.05, 4.69) is 9.46 Å². The molecule has 0 aliphatic carbocycles. The molecule has 0 aliphatic rings. The van der Waals surface area contributed by atoms with Gasteiger partial charge >= 0.3 is 5.97 Å². The Kier molecular flexibility index (Phi) is 6.09. The lowest BCUT2D eigenvalue weighted by molar-refractivity contribution is -0.137. The Hall–Kier alpha value is -0.920. The number of nitrogens with two attached hydrogens (primary N) is 1. The van der Waals surface area contributed by atoms with Gasteiger partial charge in [-0.1, -0.05) is 12.2 Å². The molecule has 0 radical (unpaired) electrons. The van der Waals surface area contributed by atoms with E-state index in [1.54, 1.807) is 12.2 Å². The molecule has 7 heteroatoms. The van der Waals surface area contributed by atoms with Crippen molar-refractivity contribution in [3.63, 3.8) is 0 Å². The molecule has 6 nitrogen and oxygen atoms in total. The average molecular weight is 222 g/mol. The molecule has 0 saturated heterocycles. The first kappa shape index (κ1) is 13.1. The largest absolute Gasteiger partial charge is 0.468 e. The number of methoxy groups -OCH3 is 1. The van der Waals surface area contributed by atoms with Crippen molar-refractivity contribution in [3.8, 4) is 0 Å². The van der Waals surface area contributed by atoms with Crippen LogP contribution in [0.3, 0.4) is 0 Å². The van der Waals surface area contributed by atoms with Crippen LogP contribution in [0, 0.1) is 0 Å². The summed E-state index contributed by atoms with van der Waals surface area (Å²) in [6.07, 6.45) is 3.18. The summed E-state index contributed by atoms with van der Waals surface area (Å²) < 4.78 is 28.6. The highest BCUT2D eigenvalue weighted by Gasteiger charge is 2.14. The van der Waals surface area contributed by atoms with Gasteiger partial charge in [0.25, 0.3) is 0 Å². The Morgan fingerprint density at radius 2 is 2.14 bits per heavy atom. The molecule has 0 aromatic carbocycles. The van der Waals surface area contributed by atoms with Crippen molar-refractivity contribution in [1.29, 1.82) is 0 Å². The van der Waals surface area contributed by atoms with Crippen molar-refractivity contribution in [3.05, 3.63) is 12.2 Å². The summed E-state index contributed by atoms with van der Waals surface area (Å²) in [5.41, 5.74) is 5.14. The van der Waals surface area contributed by atoms with Crippen LogP contribution in [-0.2, 0) is 19.6 Å². The van der Waals surface area contributed by atoms with Crippen molar-refractivity contribution < 1.29 is 17.9 Å². The maximum Gasteiger partial charge on any atom is 0.322 e. The fourth-order valence-corrected chi connectivity index (χ4v) is 1.50. The molecule has 14 heavy (non-hydrogen) atoms. The maximum absolute atomic E-state index is 11.1. The van der Waals surface area contributed by atoms with Gasteiger partial charge in [-0.05, 0) is 0 Å². The van der Waals surface area contributed by atoms with Gasteiger partial charge in [0.1, 0.15) is 0 Å². The molecule has 0 bridgehead atoms. The highest BCUT2D eigenvalue weighted by Crippen LogP contribution is 1.86. The number of carbonyl (C=O) groups excluding carboxylic acids is 1. The van der Waals surface area contributed by atoms with E-state index in [-0.39, 0.29) is 6.54 Å². The van der Waals surface area contributed by atoms with Crippen LogP contribution in [0.5, 0.6) is 0 Å². The lowest BCUT2D eigenvalue weighted by Crippen LogP contribution is -2.30. The van der Waals surface area contributed by atoms with Crippen LogP contribution in [0.2, 0.25) is 0 Å². The van der Waals surface area contributed by atoms with Gasteiger partial charge in [0, 0.05) is 13.1 Å².